The summed E-state index contributed by atoms with van der Waals surface area (Å²) in [6.07, 6.45) is 3.60. The zero-order valence-corrected chi connectivity index (χ0v) is 15.7. The number of hydrogen-bond acceptors (Lipinski definition) is 4. The van der Waals surface area contributed by atoms with E-state index >= 15 is 0 Å². The minimum atomic E-state index is 0.313. The van der Waals surface area contributed by atoms with Gasteiger partial charge in [-0.2, -0.15) is 0 Å². The van der Waals surface area contributed by atoms with Crippen molar-refractivity contribution in [2.45, 2.75) is 25.8 Å². The lowest BCUT2D eigenvalue weighted by atomic mass is 10.1. The van der Waals surface area contributed by atoms with Gasteiger partial charge in [-0.1, -0.05) is 12.1 Å². The topological polar surface area (TPSA) is 44.6 Å². The van der Waals surface area contributed by atoms with Crippen LogP contribution in [0.15, 0.2) is 24.3 Å². The number of carbonyl (C=O) groups is 1. The summed E-state index contributed by atoms with van der Waals surface area (Å²) < 4.78 is 2.20. The van der Waals surface area contributed by atoms with E-state index < -0.39 is 0 Å². The van der Waals surface area contributed by atoms with Crippen LogP contribution in [-0.2, 0) is 18.4 Å². The third kappa shape index (κ3) is 3.76. The van der Waals surface area contributed by atoms with E-state index in [1.807, 2.05) is 6.07 Å². The molecule has 6 heteroatoms. The molecule has 26 heavy (non-hydrogen) atoms. The Balaban J connectivity index is 1.29. The smallest absolute Gasteiger partial charge is 0.236 e. The Kier molecular flexibility index (Phi) is 5.22. The molecule has 2 aliphatic rings. The first kappa shape index (κ1) is 17.5. The summed E-state index contributed by atoms with van der Waals surface area (Å²) in [5.74, 6) is 1.43. The molecular weight excluding hydrogens is 326 g/mol. The third-order valence-corrected chi connectivity index (χ3v) is 5.78. The summed E-state index contributed by atoms with van der Waals surface area (Å²) in [6, 6.07) is 8.29. The molecule has 0 N–H and O–H groups in total. The van der Waals surface area contributed by atoms with Gasteiger partial charge in [0.05, 0.1) is 24.1 Å². The molecule has 0 atom stereocenters. The summed E-state index contributed by atoms with van der Waals surface area (Å²) in [6.45, 7) is 7.27. The van der Waals surface area contributed by atoms with E-state index in [9.17, 15) is 4.79 Å². The van der Waals surface area contributed by atoms with Crippen molar-refractivity contribution in [3.05, 3.63) is 30.1 Å². The maximum Gasteiger partial charge on any atom is 0.236 e. The average molecular weight is 355 g/mol. The monoisotopic (exact) mass is 355 g/mol. The first-order chi connectivity index (χ1) is 12.7. The van der Waals surface area contributed by atoms with Crippen molar-refractivity contribution in [3.63, 3.8) is 0 Å². The van der Waals surface area contributed by atoms with Crippen LogP contribution >= 0.6 is 0 Å². The molecule has 0 radical (unpaired) electrons. The number of nitrogens with zero attached hydrogens (tertiary/aromatic N) is 5. The summed E-state index contributed by atoms with van der Waals surface area (Å²) >= 11 is 0. The van der Waals surface area contributed by atoms with Crippen molar-refractivity contribution >= 4 is 16.9 Å². The van der Waals surface area contributed by atoms with E-state index in [4.69, 9.17) is 4.98 Å². The number of benzene rings is 1. The molecule has 1 aromatic carbocycles. The van der Waals surface area contributed by atoms with Crippen LogP contribution < -0.4 is 0 Å². The number of carbonyl (C=O) groups excluding carboxylic acids is 1. The van der Waals surface area contributed by atoms with Crippen molar-refractivity contribution in [2.24, 2.45) is 7.05 Å². The second-order valence-electron chi connectivity index (χ2n) is 7.57. The van der Waals surface area contributed by atoms with Crippen LogP contribution in [0.25, 0.3) is 11.0 Å². The van der Waals surface area contributed by atoms with Gasteiger partial charge in [-0.05, 0) is 31.4 Å². The number of para-hydroxylation sites is 2. The Morgan fingerprint density at radius 3 is 2.38 bits per heavy atom. The van der Waals surface area contributed by atoms with E-state index in [1.54, 1.807) is 0 Å². The fraction of sp³-hybridized carbons (Fsp3) is 0.600. The first-order valence-corrected chi connectivity index (χ1v) is 9.83. The lowest BCUT2D eigenvalue weighted by molar-refractivity contribution is -0.133. The van der Waals surface area contributed by atoms with E-state index in [0.717, 1.165) is 70.0 Å². The van der Waals surface area contributed by atoms with Crippen molar-refractivity contribution in [1.29, 1.82) is 0 Å². The van der Waals surface area contributed by atoms with Gasteiger partial charge in [0.15, 0.2) is 0 Å². The molecule has 0 saturated carbocycles. The molecule has 2 aromatic rings. The number of likely N-dealkylation sites (tertiary alicyclic amines) is 1. The fourth-order valence-electron chi connectivity index (χ4n) is 4.08. The molecule has 2 fully saturated rings. The highest BCUT2D eigenvalue weighted by Gasteiger charge is 2.23. The van der Waals surface area contributed by atoms with Crippen LogP contribution in [0, 0.1) is 0 Å². The molecule has 3 heterocycles. The van der Waals surface area contributed by atoms with Crippen LogP contribution in [0.5, 0.6) is 0 Å². The summed E-state index contributed by atoms with van der Waals surface area (Å²) in [4.78, 5) is 24.0. The highest BCUT2D eigenvalue weighted by Crippen LogP contribution is 2.16. The Hall–Kier alpha value is -1.92. The van der Waals surface area contributed by atoms with Crippen LogP contribution in [0.1, 0.15) is 25.1 Å². The predicted molar refractivity (Wildman–Crippen MR) is 103 cm³/mol. The molecule has 140 valence electrons. The van der Waals surface area contributed by atoms with Crippen LogP contribution in [0.4, 0.5) is 0 Å². The summed E-state index contributed by atoms with van der Waals surface area (Å²) in [5.41, 5.74) is 2.25. The lowest BCUT2D eigenvalue weighted by Gasteiger charge is -2.35. The lowest BCUT2D eigenvalue weighted by Crippen LogP contribution is -2.50. The van der Waals surface area contributed by atoms with Gasteiger partial charge >= 0.3 is 0 Å². The third-order valence-electron chi connectivity index (χ3n) is 5.78. The molecule has 2 saturated heterocycles. The van der Waals surface area contributed by atoms with Crippen LogP contribution in [-0.4, -0.2) is 76.0 Å². The number of aryl methyl sites for hydroxylation is 1. The molecule has 1 aromatic heterocycles. The standard InChI is InChI=1S/C20H29N5O/c1-22-18-8-4-3-7-17(18)21-19(22)15-23-11-13-24(14-12-23)16-20(26)25-9-5-2-6-10-25/h3-4,7-8H,2,5-6,9-16H2,1H3. The van der Waals surface area contributed by atoms with E-state index in [2.05, 4.69) is 44.5 Å². The number of piperazine rings is 1. The quantitative estimate of drug-likeness (QED) is 0.837. The fourth-order valence-corrected chi connectivity index (χ4v) is 4.08. The first-order valence-electron chi connectivity index (χ1n) is 9.83. The van der Waals surface area contributed by atoms with E-state index in [-0.39, 0.29) is 0 Å². The Bertz CT molecular complexity index is 757. The SMILES string of the molecule is Cn1c(CN2CCN(CC(=O)N3CCCCC3)CC2)nc2ccccc21. The van der Waals surface area contributed by atoms with Gasteiger partial charge < -0.3 is 9.47 Å². The molecule has 0 spiro atoms. The van der Waals surface area contributed by atoms with E-state index in [0.29, 0.717) is 12.5 Å². The van der Waals surface area contributed by atoms with Crippen molar-refractivity contribution in [3.8, 4) is 0 Å². The maximum absolute atomic E-state index is 12.4. The Morgan fingerprint density at radius 1 is 0.962 bits per heavy atom. The minimum absolute atomic E-state index is 0.313. The second kappa shape index (κ2) is 7.76. The predicted octanol–water partition coefficient (Wildman–Crippen LogP) is 1.70. The highest BCUT2D eigenvalue weighted by molar-refractivity contribution is 5.78. The Morgan fingerprint density at radius 2 is 1.65 bits per heavy atom. The van der Waals surface area contributed by atoms with Crippen LogP contribution in [0.3, 0.4) is 0 Å². The van der Waals surface area contributed by atoms with Gasteiger partial charge in [0.25, 0.3) is 0 Å². The molecule has 1 amide bonds. The van der Waals surface area contributed by atoms with Gasteiger partial charge in [-0.25, -0.2) is 4.98 Å². The summed E-state index contributed by atoms with van der Waals surface area (Å²) in [5, 5.41) is 0. The second-order valence-corrected chi connectivity index (χ2v) is 7.57. The average Bonchev–Trinajstić information content (AvgIpc) is 3.00. The maximum atomic E-state index is 12.4. The van der Waals surface area contributed by atoms with Gasteiger partial charge in [-0.3, -0.25) is 14.6 Å². The number of imidazole rings is 1. The molecule has 2 aliphatic heterocycles. The molecule has 0 unspecified atom stereocenters. The molecular formula is C20H29N5O. The number of amides is 1. The van der Waals surface area contributed by atoms with Gasteiger partial charge in [0.1, 0.15) is 5.82 Å². The van der Waals surface area contributed by atoms with Crippen molar-refractivity contribution in [2.75, 3.05) is 45.8 Å². The zero-order chi connectivity index (χ0) is 17.9. The van der Waals surface area contributed by atoms with Gasteiger partial charge in [0, 0.05) is 46.3 Å². The number of rotatable bonds is 4. The molecule has 0 bridgehead atoms. The summed E-state index contributed by atoms with van der Waals surface area (Å²) in [7, 11) is 2.10. The van der Waals surface area contributed by atoms with Crippen molar-refractivity contribution < 1.29 is 4.79 Å². The molecule has 4 rings (SSSR count). The zero-order valence-electron chi connectivity index (χ0n) is 15.7. The number of piperidine rings is 1. The van der Waals surface area contributed by atoms with E-state index in [1.165, 1.54) is 11.9 Å². The van der Waals surface area contributed by atoms with Crippen molar-refractivity contribution in [1.82, 2.24) is 24.3 Å². The van der Waals surface area contributed by atoms with Crippen LogP contribution in [0.2, 0.25) is 0 Å². The molecule has 6 nitrogen and oxygen atoms in total. The largest absolute Gasteiger partial charge is 0.342 e. The van der Waals surface area contributed by atoms with Gasteiger partial charge in [0.2, 0.25) is 5.91 Å². The Labute approximate surface area is 155 Å². The highest BCUT2D eigenvalue weighted by atomic mass is 16.2. The number of hydrogen-bond donors (Lipinski definition) is 0. The molecule has 0 aliphatic carbocycles. The minimum Gasteiger partial charge on any atom is -0.342 e. The number of fused-ring (bicyclic) bond motifs is 1. The number of aromatic nitrogens is 2. The van der Waals surface area contributed by atoms with Gasteiger partial charge in [-0.15, -0.1) is 0 Å². The normalized spacial score (nSPS) is 20.0.